The summed E-state index contributed by atoms with van der Waals surface area (Å²) in [7, 11) is 0. The van der Waals surface area contributed by atoms with E-state index < -0.39 is 0 Å². The minimum absolute atomic E-state index is 0.233. The molecule has 0 unspecified atom stereocenters. The van der Waals surface area contributed by atoms with Crippen LogP contribution in [0.25, 0.3) is 0 Å². The average molecular weight is 245 g/mol. The van der Waals surface area contributed by atoms with Crippen LogP contribution in [0.15, 0.2) is 30.3 Å². The Morgan fingerprint density at radius 3 is 2.72 bits per heavy atom. The van der Waals surface area contributed by atoms with Crippen molar-refractivity contribution in [3.8, 4) is 17.6 Å². The van der Waals surface area contributed by atoms with Crippen molar-refractivity contribution < 1.29 is 9.47 Å². The van der Waals surface area contributed by atoms with Gasteiger partial charge in [0.1, 0.15) is 0 Å². The molecule has 0 saturated carbocycles. The van der Waals surface area contributed by atoms with Gasteiger partial charge in [-0.25, -0.2) is 0 Å². The van der Waals surface area contributed by atoms with Crippen molar-refractivity contribution >= 4 is 5.69 Å². The van der Waals surface area contributed by atoms with Crippen LogP contribution in [0.2, 0.25) is 0 Å². The van der Waals surface area contributed by atoms with Gasteiger partial charge in [-0.1, -0.05) is 12.1 Å². The summed E-state index contributed by atoms with van der Waals surface area (Å²) in [5.74, 6) is 1.03. The number of para-hydroxylation sites is 2. The summed E-state index contributed by atoms with van der Waals surface area (Å²) in [6.45, 7) is 4.29. The molecule has 1 aromatic carbocycles. The van der Waals surface area contributed by atoms with Crippen LogP contribution in [0.5, 0.6) is 17.6 Å². The summed E-state index contributed by atoms with van der Waals surface area (Å²) in [5, 5.41) is 0. The fourth-order valence-corrected chi connectivity index (χ4v) is 1.45. The van der Waals surface area contributed by atoms with Crippen LogP contribution in [0.3, 0.4) is 0 Å². The molecular weight excluding hydrogens is 230 g/mol. The molecule has 0 spiro atoms. The minimum atomic E-state index is 0.233. The van der Waals surface area contributed by atoms with Crippen LogP contribution in [0.4, 0.5) is 5.69 Å². The van der Waals surface area contributed by atoms with Crippen molar-refractivity contribution in [2.45, 2.75) is 13.8 Å². The van der Waals surface area contributed by atoms with E-state index in [0.717, 1.165) is 5.69 Å². The van der Waals surface area contributed by atoms with Crippen molar-refractivity contribution in [2.24, 2.45) is 0 Å². The Kier molecular flexibility index (Phi) is 3.62. The molecule has 0 fully saturated rings. The summed E-state index contributed by atoms with van der Waals surface area (Å²) in [5.41, 5.74) is 7.11. The van der Waals surface area contributed by atoms with E-state index in [-0.39, 0.29) is 6.01 Å². The maximum atomic E-state index is 5.79. The number of nitrogens with two attached hydrogens (primary N) is 1. The second-order valence-corrected chi connectivity index (χ2v) is 3.70. The molecule has 0 atom stereocenters. The van der Waals surface area contributed by atoms with E-state index in [9.17, 15) is 0 Å². The number of hydrogen-bond donors (Lipinski definition) is 1. The van der Waals surface area contributed by atoms with E-state index in [4.69, 9.17) is 15.2 Å². The lowest BCUT2D eigenvalue weighted by molar-refractivity contribution is 0.317. The third-order valence-electron chi connectivity index (χ3n) is 2.22. The molecule has 0 aliphatic rings. The third-order valence-corrected chi connectivity index (χ3v) is 2.22. The monoisotopic (exact) mass is 245 g/mol. The number of aryl methyl sites for hydroxylation is 1. The molecule has 1 aromatic heterocycles. The quantitative estimate of drug-likeness (QED) is 0.838. The zero-order chi connectivity index (χ0) is 13.0. The van der Waals surface area contributed by atoms with E-state index in [1.807, 2.05) is 26.0 Å². The predicted octanol–water partition coefficient (Wildman–Crippen LogP) is 2.56. The highest BCUT2D eigenvalue weighted by molar-refractivity contribution is 5.52. The van der Waals surface area contributed by atoms with Crippen LogP contribution >= 0.6 is 0 Å². The molecule has 0 bridgehead atoms. The number of hydrogen-bond acceptors (Lipinski definition) is 5. The SMILES string of the molecule is CCOc1cc(C)nc(Oc2ccccc2N)n1. The van der Waals surface area contributed by atoms with Gasteiger partial charge in [-0.2, -0.15) is 9.97 Å². The van der Waals surface area contributed by atoms with Crippen molar-refractivity contribution in [1.82, 2.24) is 9.97 Å². The van der Waals surface area contributed by atoms with Crippen LogP contribution in [0.1, 0.15) is 12.6 Å². The Balaban J connectivity index is 2.26. The minimum Gasteiger partial charge on any atom is -0.478 e. The van der Waals surface area contributed by atoms with E-state index in [0.29, 0.717) is 23.9 Å². The predicted molar refractivity (Wildman–Crippen MR) is 68.9 cm³/mol. The Morgan fingerprint density at radius 2 is 2.00 bits per heavy atom. The van der Waals surface area contributed by atoms with Gasteiger partial charge in [0, 0.05) is 11.8 Å². The average Bonchev–Trinajstić information content (AvgIpc) is 2.32. The summed E-state index contributed by atoms with van der Waals surface area (Å²) in [6.07, 6.45) is 0. The van der Waals surface area contributed by atoms with Gasteiger partial charge < -0.3 is 15.2 Å². The first-order chi connectivity index (χ1) is 8.69. The van der Waals surface area contributed by atoms with Gasteiger partial charge in [-0.15, -0.1) is 0 Å². The Hall–Kier alpha value is -2.30. The molecule has 0 aliphatic heterocycles. The number of nitrogens with zero attached hydrogens (tertiary/aromatic N) is 2. The van der Waals surface area contributed by atoms with Gasteiger partial charge in [0.25, 0.3) is 0 Å². The number of rotatable bonds is 4. The van der Waals surface area contributed by atoms with Gasteiger partial charge in [0.2, 0.25) is 5.88 Å². The zero-order valence-electron chi connectivity index (χ0n) is 10.4. The van der Waals surface area contributed by atoms with Crippen molar-refractivity contribution in [1.29, 1.82) is 0 Å². The highest BCUT2D eigenvalue weighted by atomic mass is 16.5. The van der Waals surface area contributed by atoms with Crippen LogP contribution in [-0.4, -0.2) is 16.6 Å². The van der Waals surface area contributed by atoms with Crippen LogP contribution < -0.4 is 15.2 Å². The number of aromatic nitrogens is 2. The molecule has 0 aliphatic carbocycles. The molecule has 2 N–H and O–H groups in total. The molecule has 0 amide bonds. The lowest BCUT2D eigenvalue weighted by Crippen LogP contribution is -2.00. The van der Waals surface area contributed by atoms with Gasteiger partial charge in [0.05, 0.1) is 12.3 Å². The Morgan fingerprint density at radius 1 is 1.22 bits per heavy atom. The maximum absolute atomic E-state index is 5.79. The van der Waals surface area contributed by atoms with Crippen molar-refractivity contribution in [3.63, 3.8) is 0 Å². The van der Waals surface area contributed by atoms with E-state index in [1.54, 1.807) is 18.2 Å². The number of ether oxygens (including phenoxy) is 2. The molecule has 18 heavy (non-hydrogen) atoms. The lowest BCUT2D eigenvalue weighted by Gasteiger charge is -2.08. The molecule has 94 valence electrons. The highest BCUT2D eigenvalue weighted by Crippen LogP contribution is 2.25. The summed E-state index contributed by atoms with van der Waals surface area (Å²) >= 11 is 0. The topological polar surface area (TPSA) is 70.3 Å². The Labute approximate surface area is 106 Å². The molecule has 2 rings (SSSR count). The molecule has 1 heterocycles. The zero-order valence-corrected chi connectivity index (χ0v) is 10.4. The Bertz CT molecular complexity index is 544. The largest absolute Gasteiger partial charge is 0.478 e. The first kappa shape index (κ1) is 12.2. The van der Waals surface area contributed by atoms with E-state index in [1.165, 1.54) is 0 Å². The summed E-state index contributed by atoms with van der Waals surface area (Å²) < 4.78 is 10.9. The number of benzene rings is 1. The second kappa shape index (κ2) is 5.35. The summed E-state index contributed by atoms with van der Waals surface area (Å²) in [6, 6.07) is 9.19. The van der Waals surface area contributed by atoms with E-state index >= 15 is 0 Å². The molecule has 5 nitrogen and oxygen atoms in total. The van der Waals surface area contributed by atoms with Gasteiger partial charge in [-0.3, -0.25) is 0 Å². The normalized spacial score (nSPS) is 10.1. The summed E-state index contributed by atoms with van der Waals surface area (Å²) in [4.78, 5) is 8.33. The highest BCUT2D eigenvalue weighted by Gasteiger charge is 2.07. The maximum Gasteiger partial charge on any atom is 0.325 e. The smallest absolute Gasteiger partial charge is 0.325 e. The van der Waals surface area contributed by atoms with Crippen molar-refractivity contribution in [3.05, 3.63) is 36.0 Å². The molecular formula is C13H15N3O2. The molecule has 0 radical (unpaired) electrons. The lowest BCUT2D eigenvalue weighted by atomic mass is 10.3. The van der Waals surface area contributed by atoms with Gasteiger partial charge >= 0.3 is 6.01 Å². The van der Waals surface area contributed by atoms with Crippen LogP contribution in [0, 0.1) is 6.92 Å². The molecule has 0 saturated heterocycles. The second-order valence-electron chi connectivity index (χ2n) is 3.70. The van der Waals surface area contributed by atoms with E-state index in [2.05, 4.69) is 9.97 Å². The van der Waals surface area contributed by atoms with Crippen molar-refractivity contribution in [2.75, 3.05) is 12.3 Å². The molecule has 2 aromatic rings. The van der Waals surface area contributed by atoms with Crippen LogP contribution in [-0.2, 0) is 0 Å². The fourth-order valence-electron chi connectivity index (χ4n) is 1.45. The van der Waals surface area contributed by atoms with Gasteiger partial charge in [0.15, 0.2) is 5.75 Å². The van der Waals surface area contributed by atoms with Gasteiger partial charge in [-0.05, 0) is 26.0 Å². The first-order valence-electron chi connectivity index (χ1n) is 5.70. The number of nitrogen functional groups attached to an aromatic ring is 1. The molecule has 5 heteroatoms. The fraction of sp³-hybridized carbons (Fsp3) is 0.231. The first-order valence-corrected chi connectivity index (χ1v) is 5.70. The third kappa shape index (κ3) is 2.88. The standard InChI is InChI=1S/C13H15N3O2/c1-3-17-12-8-9(2)15-13(16-12)18-11-7-5-4-6-10(11)14/h4-8H,3,14H2,1-2H3. The number of anilines is 1.